The van der Waals surface area contributed by atoms with E-state index in [2.05, 4.69) is 6.92 Å². The van der Waals surface area contributed by atoms with Gasteiger partial charge in [0.15, 0.2) is 5.78 Å². The van der Waals surface area contributed by atoms with Gasteiger partial charge in [-0.25, -0.2) is 4.79 Å². The van der Waals surface area contributed by atoms with E-state index in [0.717, 1.165) is 32.1 Å². The Labute approximate surface area is 130 Å². The Morgan fingerprint density at radius 3 is 2.55 bits per heavy atom. The van der Waals surface area contributed by atoms with Crippen molar-refractivity contribution in [3.8, 4) is 0 Å². The Morgan fingerprint density at radius 1 is 1.23 bits per heavy atom. The molecule has 4 nitrogen and oxygen atoms in total. The van der Waals surface area contributed by atoms with E-state index >= 15 is 0 Å². The summed E-state index contributed by atoms with van der Waals surface area (Å²) >= 11 is 0. The third kappa shape index (κ3) is 3.43. The number of carboxylic acid groups (broad SMARTS) is 1. The molecule has 0 radical (unpaired) electrons. The van der Waals surface area contributed by atoms with E-state index in [1.807, 2.05) is 0 Å². The van der Waals surface area contributed by atoms with Crippen LogP contribution >= 0.6 is 0 Å². The maximum atomic E-state index is 12.8. The zero-order valence-electron chi connectivity index (χ0n) is 12.9. The molecule has 0 aliphatic heterocycles. The highest BCUT2D eigenvalue weighted by atomic mass is 16.4. The van der Waals surface area contributed by atoms with Crippen LogP contribution in [0.25, 0.3) is 0 Å². The summed E-state index contributed by atoms with van der Waals surface area (Å²) in [5, 5.41) is 9.25. The summed E-state index contributed by atoms with van der Waals surface area (Å²) < 4.78 is 0. The van der Waals surface area contributed by atoms with Gasteiger partial charge in [-0.3, -0.25) is 9.59 Å². The molecule has 118 valence electrons. The lowest BCUT2D eigenvalue weighted by Crippen LogP contribution is -2.35. The number of aromatic carboxylic acids is 1. The first-order chi connectivity index (χ1) is 10.6. The summed E-state index contributed by atoms with van der Waals surface area (Å²) in [5.41, 5.74) is 0.150. The van der Waals surface area contributed by atoms with Crippen molar-refractivity contribution >= 4 is 17.5 Å². The van der Waals surface area contributed by atoms with Crippen LogP contribution in [-0.4, -0.2) is 22.6 Å². The smallest absolute Gasteiger partial charge is 0.336 e. The average molecular weight is 302 g/mol. The van der Waals surface area contributed by atoms with Crippen molar-refractivity contribution in [2.24, 2.45) is 11.8 Å². The molecule has 0 aromatic heterocycles. The first-order valence-corrected chi connectivity index (χ1v) is 7.95. The van der Waals surface area contributed by atoms with Gasteiger partial charge in [-0.1, -0.05) is 38.0 Å². The lowest BCUT2D eigenvalue weighted by molar-refractivity contribution is -0.124. The van der Waals surface area contributed by atoms with Crippen molar-refractivity contribution in [1.29, 1.82) is 0 Å². The number of hydrogen-bond donors (Lipinski definition) is 1. The molecule has 1 aliphatic carbocycles. The van der Waals surface area contributed by atoms with Crippen molar-refractivity contribution in [2.75, 3.05) is 0 Å². The maximum Gasteiger partial charge on any atom is 0.336 e. The Kier molecular flexibility index (Phi) is 5.47. The highest BCUT2D eigenvalue weighted by Crippen LogP contribution is 2.34. The van der Waals surface area contributed by atoms with Gasteiger partial charge in [0, 0.05) is 12.0 Å². The van der Waals surface area contributed by atoms with Crippen LogP contribution in [-0.2, 0) is 4.79 Å². The third-order valence-electron chi connectivity index (χ3n) is 4.45. The minimum atomic E-state index is -1.13. The molecule has 4 heteroatoms. The fourth-order valence-electron chi connectivity index (χ4n) is 3.31. The lowest BCUT2D eigenvalue weighted by Gasteiger charge is -2.29. The summed E-state index contributed by atoms with van der Waals surface area (Å²) in [6, 6.07) is 6.18. The lowest BCUT2D eigenvalue weighted by atomic mass is 9.72. The molecule has 2 unspecified atom stereocenters. The van der Waals surface area contributed by atoms with Crippen molar-refractivity contribution < 1.29 is 19.5 Å². The molecule has 22 heavy (non-hydrogen) atoms. The number of Topliss-reactive ketones (excluding diaryl/α,β-unsaturated/α-hetero) is 2. The van der Waals surface area contributed by atoms with Gasteiger partial charge in [0.2, 0.25) is 0 Å². The van der Waals surface area contributed by atoms with Crippen LogP contribution in [0.4, 0.5) is 0 Å². The highest BCUT2D eigenvalue weighted by molar-refractivity contribution is 6.15. The van der Waals surface area contributed by atoms with Crippen LogP contribution in [0.1, 0.15) is 66.2 Å². The minimum absolute atomic E-state index is 0.0138. The van der Waals surface area contributed by atoms with Crippen molar-refractivity contribution in [3.63, 3.8) is 0 Å². The summed E-state index contributed by atoms with van der Waals surface area (Å²) in [6.45, 7) is 2.08. The monoisotopic (exact) mass is 302 g/mol. The zero-order valence-corrected chi connectivity index (χ0v) is 12.9. The molecule has 1 aromatic rings. The Morgan fingerprint density at radius 2 is 1.91 bits per heavy atom. The second-order valence-corrected chi connectivity index (χ2v) is 5.95. The normalized spacial score (nSPS) is 21.6. The second-order valence-electron chi connectivity index (χ2n) is 5.95. The molecule has 0 heterocycles. The quantitative estimate of drug-likeness (QED) is 0.642. The van der Waals surface area contributed by atoms with Crippen LogP contribution in [0.3, 0.4) is 0 Å². The largest absolute Gasteiger partial charge is 0.478 e. The van der Waals surface area contributed by atoms with Gasteiger partial charge >= 0.3 is 5.97 Å². The molecule has 0 amide bonds. The molecular weight excluding hydrogens is 280 g/mol. The Balaban J connectivity index is 2.32. The van der Waals surface area contributed by atoms with Crippen LogP contribution in [0.15, 0.2) is 24.3 Å². The van der Waals surface area contributed by atoms with E-state index in [1.54, 1.807) is 12.1 Å². The van der Waals surface area contributed by atoms with Crippen LogP contribution < -0.4 is 0 Å². The van der Waals surface area contributed by atoms with Gasteiger partial charge in [-0.2, -0.15) is 0 Å². The van der Waals surface area contributed by atoms with Gasteiger partial charge in [-0.15, -0.1) is 0 Å². The number of carbonyl (C=O) groups is 3. The van der Waals surface area contributed by atoms with E-state index in [4.69, 9.17) is 0 Å². The van der Waals surface area contributed by atoms with E-state index in [1.165, 1.54) is 12.1 Å². The van der Waals surface area contributed by atoms with Crippen molar-refractivity contribution in [3.05, 3.63) is 35.4 Å². The van der Waals surface area contributed by atoms with Gasteiger partial charge in [0.25, 0.3) is 0 Å². The number of benzene rings is 1. The number of ketones is 2. The fraction of sp³-hybridized carbons (Fsp3) is 0.500. The molecule has 0 bridgehead atoms. The molecule has 1 fully saturated rings. The molecule has 2 atom stereocenters. The van der Waals surface area contributed by atoms with E-state index in [9.17, 15) is 19.5 Å². The Bertz CT molecular complexity index is 576. The van der Waals surface area contributed by atoms with Crippen molar-refractivity contribution in [2.45, 2.75) is 45.4 Å². The van der Waals surface area contributed by atoms with Crippen LogP contribution in [0, 0.1) is 11.8 Å². The fourth-order valence-corrected chi connectivity index (χ4v) is 3.31. The first-order valence-electron chi connectivity index (χ1n) is 7.95. The molecule has 1 saturated carbocycles. The number of carboxylic acids is 1. The predicted molar refractivity (Wildman–Crippen MR) is 83.1 cm³/mol. The van der Waals surface area contributed by atoms with Crippen molar-refractivity contribution in [1.82, 2.24) is 0 Å². The van der Waals surface area contributed by atoms with Gasteiger partial charge < -0.3 is 5.11 Å². The molecule has 1 aromatic carbocycles. The number of rotatable bonds is 6. The van der Waals surface area contributed by atoms with E-state index < -0.39 is 11.9 Å². The standard InChI is InChI=1S/C18H22O4/c1-2-3-7-12-8-6-11-15(19)16(12)17(20)13-9-4-5-10-14(13)18(21)22/h4-5,9-10,12,16H,2-3,6-8,11H2,1H3,(H,21,22). The SMILES string of the molecule is CCCCC1CCCC(=O)C1C(=O)c1ccccc1C(=O)O. The summed E-state index contributed by atoms with van der Waals surface area (Å²) in [7, 11) is 0. The third-order valence-corrected chi connectivity index (χ3v) is 4.45. The second kappa shape index (κ2) is 7.34. The van der Waals surface area contributed by atoms with E-state index in [-0.39, 0.29) is 28.6 Å². The molecule has 1 N–H and O–H groups in total. The van der Waals surface area contributed by atoms with Gasteiger partial charge in [0.1, 0.15) is 5.78 Å². The molecular formula is C18H22O4. The maximum absolute atomic E-state index is 12.8. The topological polar surface area (TPSA) is 71.4 Å². The molecule has 0 spiro atoms. The van der Waals surface area contributed by atoms with Gasteiger partial charge in [-0.05, 0) is 31.2 Å². The van der Waals surface area contributed by atoms with Crippen LogP contribution in [0.5, 0.6) is 0 Å². The predicted octanol–water partition coefficient (Wildman–Crippen LogP) is 3.74. The average Bonchev–Trinajstić information content (AvgIpc) is 2.52. The van der Waals surface area contributed by atoms with E-state index in [0.29, 0.717) is 6.42 Å². The Hall–Kier alpha value is -1.97. The number of unbranched alkanes of at least 4 members (excludes halogenated alkanes) is 1. The summed E-state index contributed by atoms with van der Waals surface area (Å²) in [4.78, 5) is 36.4. The zero-order chi connectivity index (χ0) is 16.1. The minimum Gasteiger partial charge on any atom is -0.478 e. The highest BCUT2D eigenvalue weighted by Gasteiger charge is 2.38. The molecule has 0 saturated heterocycles. The van der Waals surface area contributed by atoms with Gasteiger partial charge in [0.05, 0.1) is 11.5 Å². The summed E-state index contributed by atoms with van der Waals surface area (Å²) in [6.07, 6.45) is 5.00. The number of carbonyl (C=O) groups excluding carboxylic acids is 2. The molecule has 1 aliphatic rings. The van der Waals surface area contributed by atoms with Crippen LogP contribution in [0.2, 0.25) is 0 Å². The summed E-state index contributed by atoms with van der Waals surface area (Å²) in [5.74, 6) is -2.09. The number of hydrogen-bond acceptors (Lipinski definition) is 3. The molecule has 2 rings (SSSR count). The first kappa shape index (κ1) is 16.4.